The van der Waals surface area contributed by atoms with Crippen LogP contribution < -0.4 is 15.4 Å². The largest absolute Gasteiger partial charge is 0.489 e. The van der Waals surface area contributed by atoms with Crippen LogP contribution in [0.15, 0.2) is 42.5 Å². The summed E-state index contributed by atoms with van der Waals surface area (Å²) in [6.07, 6.45) is 0.780. The number of ether oxygens (including phenoxy) is 2. The molecule has 1 aliphatic rings. The number of anilines is 1. The van der Waals surface area contributed by atoms with Gasteiger partial charge >= 0.3 is 6.09 Å². The fourth-order valence-corrected chi connectivity index (χ4v) is 2.97. The van der Waals surface area contributed by atoms with Crippen molar-refractivity contribution in [2.24, 2.45) is 0 Å². The summed E-state index contributed by atoms with van der Waals surface area (Å²) in [5, 5.41) is 26.1. The predicted octanol–water partition coefficient (Wildman–Crippen LogP) is 3.35. The van der Waals surface area contributed by atoms with Gasteiger partial charge in [0.05, 0.1) is 22.6 Å². The minimum atomic E-state index is -0.539. The van der Waals surface area contributed by atoms with Crippen LogP contribution in [-0.4, -0.2) is 30.2 Å². The maximum absolute atomic E-state index is 11.7. The first-order valence-electron chi connectivity index (χ1n) is 9.13. The molecule has 0 aromatic heterocycles. The molecule has 1 amide bonds. The lowest BCUT2D eigenvalue weighted by Gasteiger charge is -2.27. The highest BCUT2D eigenvalue weighted by Gasteiger charge is 2.27. The van der Waals surface area contributed by atoms with Crippen molar-refractivity contribution in [2.75, 3.05) is 18.5 Å². The van der Waals surface area contributed by atoms with E-state index in [-0.39, 0.29) is 29.6 Å². The Balaban J connectivity index is 1.44. The third-order valence-corrected chi connectivity index (χ3v) is 4.41. The third-order valence-electron chi connectivity index (χ3n) is 4.41. The number of alkyl carbamates (subject to hydrolysis) is 1. The first kappa shape index (κ1) is 19.9. The number of nitrogens with zero attached hydrogens (tertiary/aromatic N) is 2. The maximum atomic E-state index is 11.7. The van der Waals surface area contributed by atoms with E-state index in [2.05, 4.69) is 10.6 Å². The minimum absolute atomic E-state index is 0.142. The second-order valence-electron chi connectivity index (χ2n) is 6.52. The highest BCUT2D eigenvalue weighted by molar-refractivity contribution is 5.73. The molecule has 1 atom stereocenters. The molecule has 150 valence electrons. The van der Waals surface area contributed by atoms with Gasteiger partial charge in [-0.25, -0.2) is 4.79 Å². The number of rotatable bonds is 7. The van der Waals surface area contributed by atoms with E-state index < -0.39 is 11.0 Å². The topological polar surface area (TPSA) is 127 Å². The number of nitrogens with one attached hydrogen (secondary N) is 2. The van der Waals surface area contributed by atoms with Gasteiger partial charge in [0.25, 0.3) is 5.69 Å². The summed E-state index contributed by atoms with van der Waals surface area (Å²) in [5.74, 6) is 0.301. The molecule has 0 bridgehead atoms. The van der Waals surface area contributed by atoms with E-state index in [1.165, 1.54) is 12.1 Å². The Kier molecular flexibility index (Phi) is 6.47. The Morgan fingerprint density at radius 2 is 2.17 bits per heavy atom. The number of amides is 1. The van der Waals surface area contributed by atoms with Crippen LogP contribution >= 0.6 is 0 Å². The molecule has 2 N–H and O–H groups in total. The lowest BCUT2D eigenvalue weighted by atomic mass is 10.1. The zero-order valence-corrected chi connectivity index (χ0v) is 15.6. The number of hydrogen-bond acceptors (Lipinski definition) is 7. The van der Waals surface area contributed by atoms with Gasteiger partial charge < -0.3 is 20.1 Å². The zero-order valence-electron chi connectivity index (χ0n) is 15.6. The van der Waals surface area contributed by atoms with Gasteiger partial charge in [0.1, 0.15) is 13.2 Å². The fraction of sp³-hybridized carbons (Fsp3) is 0.300. The summed E-state index contributed by atoms with van der Waals surface area (Å²) < 4.78 is 10.7. The standard InChI is InChI=1S/C20H20N4O5/c21-11-15-9-17(24(26)27)19-18(10-15)28-13-16(23-19)7-4-8-22-20(25)29-12-14-5-2-1-3-6-14/h1-3,5-6,9-10,16,23H,4,7-8,12-13H2,(H,22,25)/t16-/m0/s1. The molecule has 0 unspecified atom stereocenters. The maximum Gasteiger partial charge on any atom is 0.407 e. The molecule has 9 heteroatoms. The number of fused-ring (bicyclic) bond motifs is 1. The molecule has 1 heterocycles. The quantitative estimate of drug-likeness (QED) is 0.417. The molecule has 2 aromatic carbocycles. The van der Waals surface area contributed by atoms with Crippen molar-refractivity contribution in [2.45, 2.75) is 25.5 Å². The minimum Gasteiger partial charge on any atom is -0.489 e. The Morgan fingerprint density at radius 1 is 1.38 bits per heavy atom. The van der Waals surface area contributed by atoms with Crippen LogP contribution in [0.25, 0.3) is 0 Å². The van der Waals surface area contributed by atoms with Gasteiger partial charge in [-0.2, -0.15) is 5.26 Å². The van der Waals surface area contributed by atoms with Crippen LogP contribution in [-0.2, 0) is 11.3 Å². The highest BCUT2D eigenvalue weighted by Crippen LogP contribution is 2.39. The van der Waals surface area contributed by atoms with Crippen molar-refractivity contribution in [3.63, 3.8) is 0 Å². The first-order chi connectivity index (χ1) is 14.1. The number of carbonyl (C=O) groups excluding carboxylic acids is 1. The molecular formula is C20H20N4O5. The number of benzene rings is 2. The van der Waals surface area contributed by atoms with E-state index in [1.54, 1.807) is 0 Å². The van der Waals surface area contributed by atoms with Crippen molar-refractivity contribution in [1.29, 1.82) is 5.26 Å². The lowest BCUT2D eigenvalue weighted by Crippen LogP contribution is -2.33. The van der Waals surface area contributed by atoms with Gasteiger partial charge in [-0.1, -0.05) is 30.3 Å². The highest BCUT2D eigenvalue weighted by atomic mass is 16.6. The molecule has 0 radical (unpaired) electrons. The molecule has 29 heavy (non-hydrogen) atoms. The molecule has 0 saturated heterocycles. The number of nitro benzene ring substituents is 1. The molecule has 3 rings (SSSR count). The second kappa shape index (κ2) is 9.41. The fourth-order valence-electron chi connectivity index (χ4n) is 2.97. The SMILES string of the molecule is N#Cc1cc2c(c([N+](=O)[O-])c1)N[C@@H](CCCNC(=O)OCc1ccccc1)CO2. The Hall–Kier alpha value is -3.80. The average Bonchev–Trinajstić information content (AvgIpc) is 2.75. The Morgan fingerprint density at radius 3 is 2.90 bits per heavy atom. The van der Waals surface area contributed by atoms with Crippen LogP contribution in [0.3, 0.4) is 0 Å². The van der Waals surface area contributed by atoms with Gasteiger partial charge in [0.2, 0.25) is 0 Å². The van der Waals surface area contributed by atoms with E-state index in [0.717, 1.165) is 5.56 Å². The summed E-state index contributed by atoms with van der Waals surface area (Å²) in [6, 6.07) is 13.8. The van der Waals surface area contributed by atoms with Crippen LogP contribution in [0.2, 0.25) is 0 Å². The van der Waals surface area contributed by atoms with E-state index in [9.17, 15) is 14.9 Å². The summed E-state index contributed by atoms with van der Waals surface area (Å²) >= 11 is 0. The molecule has 2 aromatic rings. The van der Waals surface area contributed by atoms with E-state index >= 15 is 0 Å². The van der Waals surface area contributed by atoms with Crippen molar-refractivity contribution < 1.29 is 19.2 Å². The Labute approximate surface area is 167 Å². The molecule has 1 aliphatic heterocycles. The van der Waals surface area contributed by atoms with Gasteiger partial charge in [-0.3, -0.25) is 10.1 Å². The van der Waals surface area contributed by atoms with Gasteiger partial charge in [0, 0.05) is 18.7 Å². The van der Waals surface area contributed by atoms with Crippen molar-refractivity contribution in [1.82, 2.24) is 5.32 Å². The molecule has 9 nitrogen and oxygen atoms in total. The number of nitro groups is 1. The van der Waals surface area contributed by atoms with E-state index in [0.29, 0.717) is 31.7 Å². The summed E-state index contributed by atoms with van der Waals surface area (Å²) in [4.78, 5) is 22.5. The first-order valence-corrected chi connectivity index (χ1v) is 9.13. The summed E-state index contributed by atoms with van der Waals surface area (Å²) in [7, 11) is 0. The van der Waals surface area contributed by atoms with Crippen LogP contribution in [0.5, 0.6) is 5.75 Å². The average molecular weight is 396 g/mol. The molecular weight excluding hydrogens is 376 g/mol. The number of hydrogen-bond donors (Lipinski definition) is 2. The summed E-state index contributed by atoms with van der Waals surface area (Å²) in [5.41, 5.74) is 1.17. The van der Waals surface area contributed by atoms with Crippen LogP contribution in [0.1, 0.15) is 24.0 Å². The van der Waals surface area contributed by atoms with E-state index in [4.69, 9.17) is 14.7 Å². The van der Waals surface area contributed by atoms with Gasteiger partial charge in [-0.15, -0.1) is 0 Å². The smallest absolute Gasteiger partial charge is 0.407 e. The molecule has 0 fully saturated rings. The van der Waals surface area contributed by atoms with Crippen molar-refractivity contribution in [3.05, 3.63) is 63.7 Å². The number of nitriles is 1. The molecule has 0 saturated carbocycles. The lowest BCUT2D eigenvalue weighted by molar-refractivity contribution is -0.384. The normalized spacial score (nSPS) is 14.5. The van der Waals surface area contributed by atoms with Crippen molar-refractivity contribution in [3.8, 4) is 11.8 Å². The van der Waals surface area contributed by atoms with E-state index in [1.807, 2.05) is 36.4 Å². The van der Waals surface area contributed by atoms with Crippen LogP contribution in [0.4, 0.5) is 16.2 Å². The van der Waals surface area contributed by atoms with Gasteiger partial charge in [-0.05, 0) is 18.4 Å². The van der Waals surface area contributed by atoms with Crippen molar-refractivity contribution >= 4 is 17.5 Å². The monoisotopic (exact) mass is 396 g/mol. The zero-order chi connectivity index (χ0) is 20.6. The third kappa shape index (κ3) is 5.35. The van der Waals surface area contributed by atoms with Crippen LogP contribution in [0, 0.1) is 21.4 Å². The molecule has 0 spiro atoms. The Bertz CT molecular complexity index is 926. The van der Waals surface area contributed by atoms with Gasteiger partial charge in [0.15, 0.2) is 11.4 Å². The predicted molar refractivity (Wildman–Crippen MR) is 105 cm³/mol. The molecule has 0 aliphatic carbocycles. The number of carbonyl (C=O) groups is 1. The summed E-state index contributed by atoms with van der Waals surface area (Å²) in [6.45, 7) is 0.932. The second-order valence-corrected chi connectivity index (χ2v) is 6.52.